The molecular formula is C12H22BrN. The number of halogens is 1. The molecule has 1 atom stereocenters. The van der Waals surface area contributed by atoms with Gasteiger partial charge < -0.3 is 4.90 Å². The lowest BCUT2D eigenvalue weighted by Gasteiger charge is -2.29. The first-order valence-corrected chi connectivity index (χ1v) is 7.12. The first kappa shape index (κ1) is 10.9. The van der Waals surface area contributed by atoms with Crippen LogP contribution in [0.4, 0.5) is 0 Å². The second kappa shape index (κ2) is 4.52. The molecule has 1 aliphatic heterocycles. The van der Waals surface area contributed by atoms with E-state index in [4.69, 9.17) is 0 Å². The minimum atomic E-state index is 0.654. The minimum Gasteiger partial charge on any atom is -0.302 e. The van der Waals surface area contributed by atoms with E-state index in [1.807, 2.05) is 0 Å². The minimum absolute atomic E-state index is 0.654. The van der Waals surface area contributed by atoms with E-state index in [0.29, 0.717) is 5.41 Å². The molecule has 82 valence electrons. The molecule has 0 aromatic carbocycles. The van der Waals surface area contributed by atoms with E-state index in [1.54, 1.807) is 0 Å². The molecule has 1 heterocycles. The predicted octanol–water partition coefficient (Wildman–Crippen LogP) is 3.28. The third-order valence-corrected chi connectivity index (χ3v) is 4.92. The molecule has 0 aromatic rings. The van der Waals surface area contributed by atoms with Gasteiger partial charge >= 0.3 is 0 Å². The first-order valence-electron chi connectivity index (χ1n) is 6.00. The van der Waals surface area contributed by atoms with Crippen molar-refractivity contribution >= 4 is 15.9 Å². The highest BCUT2D eigenvalue weighted by molar-refractivity contribution is 9.09. The van der Waals surface area contributed by atoms with Crippen molar-refractivity contribution < 1.29 is 0 Å². The van der Waals surface area contributed by atoms with Crippen LogP contribution in [0.1, 0.15) is 39.0 Å². The van der Waals surface area contributed by atoms with Gasteiger partial charge in [0.2, 0.25) is 0 Å². The predicted molar refractivity (Wildman–Crippen MR) is 64.9 cm³/mol. The normalized spacial score (nSPS) is 32.6. The third-order valence-electron chi connectivity index (χ3n) is 4.00. The third kappa shape index (κ3) is 2.52. The number of nitrogens with zero attached hydrogens (tertiary/aromatic N) is 1. The second-order valence-corrected chi connectivity index (χ2v) is 6.21. The van der Waals surface area contributed by atoms with Crippen LogP contribution in [-0.4, -0.2) is 29.9 Å². The number of likely N-dealkylation sites (tertiary alicyclic amines) is 1. The molecular weight excluding hydrogens is 238 g/mol. The van der Waals surface area contributed by atoms with Crippen molar-refractivity contribution in [3.8, 4) is 0 Å². The molecule has 0 amide bonds. The Balaban J connectivity index is 1.80. The van der Waals surface area contributed by atoms with Gasteiger partial charge in [-0.2, -0.15) is 0 Å². The summed E-state index contributed by atoms with van der Waals surface area (Å²) in [6, 6.07) is 0. The zero-order chi connectivity index (χ0) is 10.0. The van der Waals surface area contributed by atoms with Gasteiger partial charge in [-0.05, 0) is 37.1 Å². The Morgan fingerprint density at radius 3 is 2.64 bits per heavy atom. The molecule has 0 radical (unpaired) electrons. The number of rotatable bonds is 3. The molecule has 2 rings (SSSR count). The molecule has 2 heteroatoms. The molecule has 14 heavy (non-hydrogen) atoms. The summed E-state index contributed by atoms with van der Waals surface area (Å²) in [5, 5.41) is 1.19. The van der Waals surface area contributed by atoms with Gasteiger partial charge in [0.05, 0.1) is 0 Å². The van der Waals surface area contributed by atoms with E-state index in [0.717, 1.165) is 5.92 Å². The van der Waals surface area contributed by atoms with Crippen LogP contribution in [0.15, 0.2) is 0 Å². The lowest BCUT2D eigenvalue weighted by Crippen LogP contribution is -2.33. The van der Waals surface area contributed by atoms with Gasteiger partial charge in [-0.15, -0.1) is 0 Å². The van der Waals surface area contributed by atoms with Gasteiger partial charge in [0.25, 0.3) is 0 Å². The molecule has 0 aromatic heterocycles. The Morgan fingerprint density at radius 1 is 1.36 bits per heavy atom. The van der Waals surface area contributed by atoms with Crippen LogP contribution in [0.2, 0.25) is 0 Å². The molecule has 1 nitrogen and oxygen atoms in total. The van der Waals surface area contributed by atoms with Crippen molar-refractivity contribution in [3.63, 3.8) is 0 Å². The van der Waals surface area contributed by atoms with Crippen molar-refractivity contribution in [2.45, 2.75) is 39.0 Å². The Bertz CT molecular complexity index is 187. The Labute approximate surface area is 96.4 Å². The first-order chi connectivity index (χ1) is 6.72. The van der Waals surface area contributed by atoms with Gasteiger partial charge in [0.1, 0.15) is 0 Å². The largest absolute Gasteiger partial charge is 0.302 e. The van der Waals surface area contributed by atoms with Gasteiger partial charge in [-0.1, -0.05) is 35.7 Å². The molecule has 2 aliphatic rings. The summed E-state index contributed by atoms with van der Waals surface area (Å²) in [7, 11) is 0. The van der Waals surface area contributed by atoms with E-state index in [2.05, 4.69) is 27.8 Å². The molecule has 0 spiro atoms. The van der Waals surface area contributed by atoms with E-state index >= 15 is 0 Å². The summed E-state index contributed by atoms with van der Waals surface area (Å²) in [4.78, 5) is 2.69. The topological polar surface area (TPSA) is 3.24 Å². The van der Waals surface area contributed by atoms with Gasteiger partial charge in [0.15, 0.2) is 0 Å². The summed E-state index contributed by atoms with van der Waals surface area (Å²) in [5.74, 6) is 0.917. The van der Waals surface area contributed by atoms with E-state index in [1.165, 1.54) is 57.1 Å². The Morgan fingerprint density at radius 2 is 2.07 bits per heavy atom. The smallest absolute Gasteiger partial charge is 0.00723 e. The van der Waals surface area contributed by atoms with Crippen LogP contribution in [0.25, 0.3) is 0 Å². The van der Waals surface area contributed by atoms with Crippen LogP contribution < -0.4 is 0 Å². The summed E-state index contributed by atoms with van der Waals surface area (Å²) in [6.45, 7) is 6.52. The van der Waals surface area contributed by atoms with Crippen molar-refractivity contribution in [2.24, 2.45) is 11.3 Å². The fraction of sp³-hybridized carbons (Fsp3) is 1.00. The lowest BCUT2D eigenvalue weighted by atomic mass is 9.88. The zero-order valence-electron chi connectivity index (χ0n) is 9.27. The van der Waals surface area contributed by atoms with Crippen molar-refractivity contribution in [2.75, 3.05) is 25.0 Å². The average molecular weight is 260 g/mol. The quantitative estimate of drug-likeness (QED) is 0.704. The number of hydrogen-bond donors (Lipinski definition) is 0. The van der Waals surface area contributed by atoms with Crippen LogP contribution in [-0.2, 0) is 0 Å². The van der Waals surface area contributed by atoms with E-state index < -0.39 is 0 Å². The maximum atomic E-state index is 3.60. The monoisotopic (exact) mass is 259 g/mol. The molecule has 1 unspecified atom stereocenters. The molecule has 1 aliphatic carbocycles. The highest BCUT2D eigenvalue weighted by Gasteiger charge is 2.33. The van der Waals surface area contributed by atoms with Crippen molar-refractivity contribution in [3.05, 3.63) is 0 Å². The van der Waals surface area contributed by atoms with Gasteiger partial charge in [-0.25, -0.2) is 0 Å². The fourth-order valence-electron chi connectivity index (χ4n) is 3.11. The maximum Gasteiger partial charge on any atom is 0.00723 e. The molecule has 2 fully saturated rings. The van der Waals surface area contributed by atoms with E-state index in [9.17, 15) is 0 Å². The summed E-state index contributed by atoms with van der Waals surface area (Å²) < 4.78 is 0. The molecule has 1 saturated carbocycles. The fourth-order valence-corrected chi connectivity index (χ4v) is 3.64. The van der Waals surface area contributed by atoms with Crippen molar-refractivity contribution in [1.82, 2.24) is 4.90 Å². The van der Waals surface area contributed by atoms with Crippen molar-refractivity contribution in [1.29, 1.82) is 0 Å². The van der Waals surface area contributed by atoms with Crippen LogP contribution in [0, 0.1) is 11.3 Å². The van der Waals surface area contributed by atoms with Crippen LogP contribution in [0.3, 0.4) is 0 Å². The average Bonchev–Trinajstić information content (AvgIpc) is 2.75. The molecule has 1 saturated heterocycles. The highest BCUT2D eigenvalue weighted by Crippen LogP contribution is 2.39. The highest BCUT2D eigenvalue weighted by atomic mass is 79.9. The standard InChI is InChI=1S/C12H22BrN/c1-12(5-2-3-6-12)10-14-7-4-11(8-13)9-14/h11H,2-10H2,1H3. The SMILES string of the molecule is CC1(CN2CCC(CBr)C2)CCCC1. The molecule has 0 N–H and O–H groups in total. The van der Waals surface area contributed by atoms with Crippen LogP contribution in [0.5, 0.6) is 0 Å². The number of alkyl halides is 1. The lowest BCUT2D eigenvalue weighted by molar-refractivity contribution is 0.192. The van der Waals surface area contributed by atoms with E-state index in [-0.39, 0.29) is 0 Å². The second-order valence-electron chi connectivity index (χ2n) is 5.56. The Kier molecular flexibility index (Phi) is 3.54. The summed E-state index contributed by atoms with van der Waals surface area (Å²) in [5.41, 5.74) is 0.654. The maximum absolute atomic E-state index is 3.60. The summed E-state index contributed by atoms with van der Waals surface area (Å²) in [6.07, 6.45) is 7.25. The van der Waals surface area contributed by atoms with Crippen LogP contribution >= 0.6 is 15.9 Å². The van der Waals surface area contributed by atoms with Gasteiger partial charge in [-0.3, -0.25) is 0 Å². The molecule has 0 bridgehead atoms. The summed E-state index contributed by atoms with van der Waals surface area (Å²) >= 11 is 3.60. The van der Waals surface area contributed by atoms with Gasteiger partial charge in [0, 0.05) is 18.4 Å². The zero-order valence-corrected chi connectivity index (χ0v) is 10.9. The number of hydrogen-bond acceptors (Lipinski definition) is 1. The Hall–Kier alpha value is 0.440.